The smallest absolute Gasteiger partial charge is 0.226 e. The highest BCUT2D eigenvalue weighted by Gasteiger charge is 2.51. The average molecular weight is 1630 g/mol. The molecule has 3 nitrogen and oxygen atoms in total. The molecule has 16 rings (SSSR count). The molecule has 6 aromatic heterocycles. The van der Waals surface area contributed by atoms with Crippen molar-refractivity contribution in [3.05, 3.63) is 300 Å². The second-order valence-electron chi connectivity index (χ2n) is 30.3. The lowest BCUT2D eigenvalue weighted by molar-refractivity contribution is 0.616. The van der Waals surface area contributed by atoms with Crippen molar-refractivity contribution in [2.45, 2.75) is 180 Å². The molecule has 13 heteroatoms. The van der Waals surface area contributed by atoms with Crippen LogP contribution in [0.2, 0.25) is 20.1 Å². The monoisotopic (exact) mass is 1620 g/mol. The van der Waals surface area contributed by atoms with Crippen molar-refractivity contribution in [1.82, 2.24) is 0 Å². The molecule has 0 bridgehead atoms. The largest absolute Gasteiger partial charge is 0.270 e. The topological polar surface area (TPSA) is 51.9 Å². The summed E-state index contributed by atoms with van der Waals surface area (Å²) in [6, 6.07) is 56.1. The van der Waals surface area contributed by atoms with Crippen molar-refractivity contribution in [2.75, 3.05) is 0 Å². The fourth-order valence-electron chi connectivity index (χ4n) is 17.8. The highest BCUT2D eigenvalue weighted by molar-refractivity contribution is 7.37. The van der Waals surface area contributed by atoms with Crippen LogP contribution in [0, 0.1) is 29.2 Å². The third kappa shape index (κ3) is 13.7. The number of nitriles is 2. The zero-order valence-corrected chi connectivity index (χ0v) is 70.6. The number of halogens is 4. The van der Waals surface area contributed by atoms with Gasteiger partial charge in [-0.15, -0.1) is 68.0 Å². The molecule has 552 valence electrons. The quantitative estimate of drug-likeness (QED) is 0.0308. The van der Waals surface area contributed by atoms with Crippen LogP contribution in [0.1, 0.15) is 229 Å². The number of unbranched alkanes of at least 4 members (excludes halogenated alkanes) is 12. The van der Waals surface area contributed by atoms with Crippen LogP contribution in [0.5, 0.6) is 0 Å². The Kier molecular flexibility index (Phi) is 22.5. The standard InChI is InChI=1S/C97H85Cl4N3S6/c1-8-12-16-20-24-59-28-36-63(37-29-59)96(64-38-30-60(31-39-64)25-21-17-13-9-2)54-76-88-89(109-90(76)94-86(96)92-83(107-94)48-67(105-92)46-70-57(5)71-50-78(98)80(100)52-74(71)69(70)44-45-102)77-55-97(65-40-32-61(33-41-65)26-22-18-14-10-3,66-42-34-62(35-43-66)27-23-19-15-11-4)87-93-84(108-95(87)91(77)110-88)49-68(106-93)47-73-58(6)72-51-79(99)81(101)53-75(72)85(73)82(56-103)104-7/h28-44,46-53H,5-6,8-27,54-55H2,1-4H3/b69-44+,70-46+,73-47+,85-82?. The van der Waals surface area contributed by atoms with Crippen molar-refractivity contribution in [2.24, 2.45) is 0 Å². The van der Waals surface area contributed by atoms with Crippen molar-refractivity contribution in [3.63, 3.8) is 0 Å². The summed E-state index contributed by atoms with van der Waals surface area (Å²) >= 11 is 38.5. The van der Waals surface area contributed by atoms with E-state index < -0.39 is 10.8 Å². The van der Waals surface area contributed by atoms with Crippen LogP contribution >= 0.6 is 114 Å². The van der Waals surface area contributed by atoms with E-state index in [1.165, 1.54) is 217 Å². The van der Waals surface area contributed by atoms with E-state index in [1.54, 1.807) is 23.5 Å². The third-order valence-electron chi connectivity index (χ3n) is 23.5. The molecule has 0 N–H and O–H groups in total. The first-order chi connectivity index (χ1) is 53.7. The normalized spacial score (nSPS) is 16.1. The molecule has 0 saturated heterocycles. The lowest BCUT2D eigenvalue weighted by Gasteiger charge is -2.39. The molecule has 4 aliphatic carbocycles. The maximum absolute atomic E-state index is 10.6. The fraction of sp³-hybridized carbons (Fsp3) is 0.289. The van der Waals surface area contributed by atoms with E-state index >= 15 is 0 Å². The van der Waals surface area contributed by atoms with Crippen molar-refractivity contribution in [1.29, 1.82) is 10.5 Å². The van der Waals surface area contributed by atoms with Crippen LogP contribution in [-0.4, -0.2) is 0 Å². The Morgan fingerprint density at radius 1 is 0.427 bits per heavy atom. The molecule has 6 aromatic carbocycles. The van der Waals surface area contributed by atoms with Gasteiger partial charge in [-0.1, -0.05) is 261 Å². The molecular formula is C97H85Cl4N3S6. The summed E-state index contributed by atoms with van der Waals surface area (Å²) in [6.07, 6.45) is 31.1. The maximum atomic E-state index is 10.6. The Morgan fingerprint density at radius 3 is 1.15 bits per heavy atom. The molecule has 0 aliphatic heterocycles. The van der Waals surface area contributed by atoms with E-state index in [1.807, 2.05) is 74.9 Å². The van der Waals surface area contributed by atoms with Gasteiger partial charge in [-0.05, 0) is 213 Å². The van der Waals surface area contributed by atoms with Gasteiger partial charge in [-0.25, -0.2) is 10.1 Å². The van der Waals surface area contributed by atoms with E-state index in [-0.39, 0.29) is 5.70 Å². The number of nitrogens with zero attached hydrogens (tertiary/aromatic N) is 3. The number of hydrogen-bond acceptors (Lipinski definition) is 8. The summed E-state index contributed by atoms with van der Waals surface area (Å²) in [7, 11) is 0. The number of hydrogen-bond donors (Lipinski definition) is 0. The third-order valence-corrected chi connectivity index (χ3v) is 32.7. The summed E-state index contributed by atoms with van der Waals surface area (Å²) in [5.74, 6) is 0. The number of allylic oxidation sites excluding steroid dienone is 8. The Labute approximate surface area is 692 Å². The minimum atomic E-state index is -0.617. The average Bonchev–Trinajstić information content (AvgIpc) is 1.50. The van der Waals surface area contributed by atoms with Gasteiger partial charge >= 0.3 is 0 Å². The zero-order chi connectivity index (χ0) is 76.1. The number of fused-ring (bicyclic) bond motifs is 15. The van der Waals surface area contributed by atoms with E-state index in [0.717, 1.165) is 87.3 Å². The Hall–Kier alpha value is -7.63. The molecule has 0 radical (unpaired) electrons. The summed E-state index contributed by atoms with van der Waals surface area (Å²) in [4.78, 5) is 11.4. The molecule has 0 atom stereocenters. The van der Waals surface area contributed by atoms with E-state index in [2.05, 4.69) is 179 Å². The van der Waals surface area contributed by atoms with Gasteiger partial charge in [0.1, 0.15) is 0 Å². The van der Waals surface area contributed by atoms with Crippen LogP contribution in [0.25, 0.3) is 87.0 Å². The first-order valence-corrected chi connectivity index (χ1v) is 45.6. The molecule has 0 unspecified atom stereocenters. The van der Waals surface area contributed by atoms with Crippen molar-refractivity contribution >= 4 is 177 Å². The van der Waals surface area contributed by atoms with Crippen LogP contribution in [0.4, 0.5) is 0 Å². The minimum Gasteiger partial charge on any atom is -0.226 e. The molecule has 6 heterocycles. The first-order valence-electron chi connectivity index (χ1n) is 39.2. The van der Waals surface area contributed by atoms with Crippen LogP contribution in [0.3, 0.4) is 0 Å². The lowest BCUT2D eigenvalue weighted by atomic mass is 9.63. The molecule has 0 spiro atoms. The summed E-state index contributed by atoms with van der Waals surface area (Å²) in [5.41, 5.74) is 22.8. The highest BCUT2D eigenvalue weighted by atomic mass is 35.5. The first kappa shape index (κ1) is 76.4. The molecule has 4 aliphatic rings. The van der Waals surface area contributed by atoms with E-state index in [4.69, 9.17) is 53.0 Å². The minimum absolute atomic E-state index is 0.00703. The maximum Gasteiger partial charge on any atom is 0.270 e. The predicted octanol–water partition coefficient (Wildman–Crippen LogP) is 32.0. The molecular weight excluding hydrogens is 1540 g/mol. The van der Waals surface area contributed by atoms with Crippen LogP contribution < -0.4 is 0 Å². The van der Waals surface area contributed by atoms with E-state index in [0.29, 0.717) is 36.8 Å². The number of benzene rings is 6. The highest BCUT2D eigenvalue weighted by Crippen LogP contribution is 2.67. The van der Waals surface area contributed by atoms with Gasteiger partial charge in [0, 0.05) is 66.7 Å². The SMILES string of the molecule is [C-]#[N+]C(C#N)=C1/C(=C/c2cc3sc4c(c3s2)C(c2ccc(CCCCCC)cc2)(c2ccc(CCCCCC)cc2)Cc2c-4sc3c4c(sc23)-c2sc3cc(/C=C5\C(=C)c6cc(Cl)c(Cl)cc6\C5=C\C#N)sc3c2C(c2ccc(CCCCCC)cc2)(c2ccc(CCCCCC)cc2)C4)C(=C)c2cc(Cl)c(Cl)cc21. The van der Waals surface area contributed by atoms with Crippen LogP contribution in [-0.2, 0) is 49.4 Å². The number of thiophene rings is 6. The van der Waals surface area contributed by atoms with Gasteiger partial charge in [0.2, 0.25) is 0 Å². The second-order valence-corrected chi connectivity index (χ2v) is 38.2. The predicted molar refractivity (Wildman–Crippen MR) is 481 cm³/mol. The van der Waals surface area contributed by atoms with Gasteiger partial charge < -0.3 is 0 Å². The molecule has 110 heavy (non-hydrogen) atoms. The number of rotatable bonds is 26. The van der Waals surface area contributed by atoms with Gasteiger partial charge in [0.15, 0.2) is 0 Å². The Balaban J connectivity index is 0.930. The van der Waals surface area contributed by atoms with Gasteiger partial charge in [-0.3, -0.25) is 0 Å². The number of aryl methyl sites for hydroxylation is 4. The zero-order valence-electron chi connectivity index (χ0n) is 62.7. The van der Waals surface area contributed by atoms with Gasteiger partial charge in [0.05, 0.1) is 68.8 Å². The lowest BCUT2D eigenvalue weighted by Crippen LogP contribution is -2.34. The molecule has 0 saturated carbocycles. The van der Waals surface area contributed by atoms with Gasteiger partial charge in [0.25, 0.3) is 5.70 Å². The molecule has 12 aromatic rings. The Bertz CT molecular complexity index is 5780. The van der Waals surface area contributed by atoms with Crippen molar-refractivity contribution in [3.8, 4) is 31.6 Å². The van der Waals surface area contributed by atoms with Gasteiger partial charge in [-0.2, -0.15) is 5.26 Å². The molecule has 0 amide bonds. The second kappa shape index (κ2) is 32.5. The summed E-state index contributed by atoms with van der Waals surface area (Å²) in [6.45, 7) is 26.7. The molecule has 0 fully saturated rings. The van der Waals surface area contributed by atoms with Crippen LogP contribution in [0.15, 0.2) is 170 Å². The summed E-state index contributed by atoms with van der Waals surface area (Å²) < 4.78 is 7.80. The fourth-order valence-corrected chi connectivity index (χ4v) is 27.1. The Morgan fingerprint density at radius 2 is 0.782 bits per heavy atom. The van der Waals surface area contributed by atoms with Crippen molar-refractivity contribution < 1.29 is 0 Å². The summed E-state index contributed by atoms with van der Waals surface area (Å²) in [5, 5.41) is 22.6. The van der Waals surface area contributed by atoms with E-state index in [9.17, 15) is 10.5 Å².